The summed E-state index contributed by atoms with van der Waals surface area (Å²) in [6.07, 6.45) is 3.52. The summed E-state index contributed by atoms with van der Waals surface area (Å²) in [6, 6.07) is 14.8. The molecule has 6 nitrogen and oxygen atoms in total. The van der Waals surface area contributed by atoms with Crippen LogP contribution in [0.25, 0.3) is 11.0 Å². The van der Waals surface area contributed by atoms with Crippen LogP contribution in [0.1, 0.15) is 28.8 Å². The first-order valence-electron chi connectivity index (χ1n) is 8.29. The number of aromatic nitrogens is 2. The van der Waals surface area contributed by atoms with Gasteiger partial charge in [-0.2, -0.15) is 0 Å². The molecule has 0 saturated heterocycles. The van der Waals surface area contributed by atoms with E-state index >= 15 is 0 Å². The zero-order valence-electron chi connectivity index (χ0n) is 14.2. The quantitative estimate of drug-likeness (QED) is 0.597. The zero-order chi connectivity index (χ0) is 17.9. The highest BCUT2D eigenvalue weighted by Crippen LogP contribution is 2.28. The fourth-order valence-corrected chi connectivity index (χ4v) is 2.90. The molecule has 1 amide bonds. The van der Waals surface area contributed by atoms with Crippen LogP contribution in [0.5, 0.6) is 0 Å². The van der Waals surface area contributed by atoms with Crippen molar-refractivity contribution in [3.63, 3.8) is 0 Å². The van der Waals surface area contributed by atoms with E-state index < -0.39 is 6.04 Å². The van der Waals surface area contributed by atoms with Crippen LogP contribution in [0.2, 0.25) is 0 Å². The largest absolute Gasteiger partial charge is 0.459 e. The first-order chi connectivity index (χ1) is 12.7. The highest BCUT2D eigenvalue weighted by molar-refractivity contribution is 5.80. The van der Waals surface area contributed by atoms with Crippen LogP contribution in [-0.4, -0.2) is 16.0 Å². The van der Waals surface area contributed by atoms with Crippen molar-refractivity contribution in [1.29, 1.82) is 0 Å². The van der Waals surface area contributed by atoms with Gasteiger partial charge in [0.2, 0.25) is 5.91 Å². The third-order valence-corrected chi connectivity index (χ3v) is 4.09. The van der Waals surface area contributed by atoms with Crippen LogP contribution in [0.15, 0.2) is 69.9 Å². The van der Waals surface area contributed by atoms with Crippen molar-refractivity contribution < 1.29 is 13.7 Å². The summed E-state index contributed by atoms with van der Waals surface area (Å²) in [6.45, 7) is 1.79. The van der Waals surface area contributed by atoms with Gasteiger partial charge in [0.15, 0.2) is 0 Å². The molecule has 0 bridgehead atoms. The maximum atomic E-state index is 12.5. The number of aryl methyl sites for hydroxylation is 1. The van der Waals surface area contributed by atoms with Gasteiger partial charge in [-0.1, -0.05) is 23.4 Å². The summed E-state index contributed by atoms with van der Waals surface area (Å²) in [5.41, 5.74) is 2.27. The normalized spacial score (nSPS) is 12.2. The molecule has 6 heteroatoms. The molecule has 0 aliphatic carbocycles. The van der Waals surface area contributed by atoms with Crippen LogP contribution in [0.3, 0.4) is 0 Å². The lowest BCUT2D eigenvalue weighted by Gasteiger charge is -2.16. The number of nitrogens with one attached hydrogen (secondary N) is 1. The molecule has 4 aromatic rings. The van der Waals surface area contributed by atoms with E-state index in [0.29, 0.717) is 17.2 Å². The van der Waals surface area contributed by atoms with Crippen molar-refractivity contribution in [2.75, 3.05) is 0 Å². The minimum atomic E-state index is -0.411. The Labute approximate surface area is 149 Å². The Kier molecular flexibility index (Phi) is 4.23. The molecular formula is C20H17N3O3. The summed E-state index contributed by atoms with van der Waals surface area (Å²) in [5.74, 6) is 1.18. The van der Waals surface area contributed by atoms with Gasteiger partial charge in [0, 0.05) is 23.8 Å². The van der Waals surface area contributed by atoms with E-state index in [4.69, 9.17) is 8.94 Å². The number of para-hydroxylation sites is 1. The monoisotopic (exact) mass is 347 g/mol. The molecule has 4 rings (SSSR count). The molecule has 0 spiro atoms. The molecule has 130 valence electrons. The predicted molar refractivity (Wildman–Crippen MR) is 95.4 cm³/mol. The van der Waals surface area contributed by atoms with Gasteiger partial charge in [0.1, 0.15) is 23.1 Å². The lowest BCUT2D eigenvalue weighted by molar-refractivity contribution is -0.121. The molecule has 0 unspecified atom stereocenters. The Morgan fingerprint density at radius 1 is 1.15 bits per heavy atom. The van der Waals surface area contributed by atoms with Crippen molar-refractivity contribution in [3.05, 3.63) is 83.7 Å². The minimum Gasteiger partial charge on any atom is -0.459 e. The fourth-order valence-electron chi connectivity index (χ4n) is 2.90. The summed E-state index contributed by atoms with van der Waals surface area (Å²) in [7, 11) is 0. The molecule has 3 heterocycles. The van der Waals surface area contributed by atoms with Crippen LogP contribution in [0.4, 0.5) is 0 Å². The van der Waals surface area contributed by atoms with Gasteiger partial charge in [-0.05, 0) is 36.8 Å². The summed E-state index contributed by atoms with van der Waals surface area (Å²) in [5, 5.41) is 7.89. The van der Waals surface area contributed by atoms with Crippen LogP contribution in [-0.2, 0) is 11.2 Å². The van der Waals surface area contributed by atoms with E-state index in [2.05, 4.69) is 15.5 Å². The van der Waals surface area contributed by atoms with Gasteiger partial charge in [0.25, 0.3) is 0 Å². The van der Waals surface area contributed by atoms with E-state index in [1.807, 2.05) is 42.5 Å². The highest BCUT2D eigenvalue weighted by Gasteiger charge is 2.21. The van der Waals surface area contributed by atoms with Gasteiger partial charge < -0.3 is 14.3 Å². The average molecular weight is 347 g/mol. The fraction of sp³-hybridized carbons (Fsp3) is 0.150. The standard InChI is InChI=1S/C20H17N3O3/c1-13-10-16(23-26-13)12-19(24)22-20(14-6-8-21-9-7-14)18-11-15-4-2-3-5-17(15)25-18/h2-11,20H,12H2,1H3,(H,22,24)/t20-/m1/s1. The number of fused-ring (bicyclic) bond motifs is 1. The molecule has 3 aromatic heterocycles. The van der Waals surface area contributed by atoms with Crippen molar-refractivity contribution in [1.82, 2.24) is 15.5 Å². The molecule has 26 heavy (non-hydrogen) atoms. The predicted octanol–water partition coefficient (Wildman–Crippen LogP) is 3.57. The maximum Gasteiger partial charge on any atom is 0.227 e. The summed E-state index contributed by atoms with van der Waals surface area (Å²) in [4.78, 5) is 16.6. The Balaban J connectivity index is 1.63. The lowest BCUT2D eigenvalue weighted by atomic mass is 10.1. The van der Waals surface area contributed by atoms with E-state index in [9.17, 15) is 4.79 Å². The van der Waals surface area contributed by atoms with Gasteiger partial charge >= 0.3 is 0 Å². The number of hydrogen-bond donors (Lipinski definition) is 1. The second kappa shape index (κ2) is 6.84. The second-order valence-corrected chi connectivity index (χ2v) is 6.07. The van der Waals surface area contributed by atoms with Crippen LogP contribution >= 0.6 is 0 Å². The third kappa shape index (κ3) is 3.35. The molecule has 0 aliphatic rings. The zero-order valence-corrected chi connectivity index (χ0v) is 14.2. The lowest BCUT2D eigenvalue weighted by Crippen LogP contribution is -2.30. The minimum absolute atomic E-state index is 0.138. The molecule has 0 fully saturated rings. The molecule has 0 saturated carbocycles. The average Bonchev–Trinajstić information content (AvgIpc) is 3.26. The number of furan rings is 1. The number of carbonyl (C=O) groups is 1. The topological polar surface area (TPSA) is 81.2 Å². The first kappa shape index (κ1) is 16.1. The van der Waals surface area contributed by atoms with Gasteiger partial charge in [-0.25, -0.2) is 0 Å². The molecule has 0 radical (unpaired) electrons. The third-order valence-electron chi connectivity index (χ3n) is 4.09. The maximum absolute atomic E-state index is 12.5. The number of hydrogen-bond acceptors (Lipinski definition) is 5. The van der Waals surface area contributed by atoms with Gasteiger partial charge in [0.05, 0.1) is 12.1 Å². The Morgan fingerprint density at radius 3 is 2.69 bits per heavy atom. The number of benzene rings is 1. The van der Waals surface area contributed by atoms with E-state index in [1.54, 1.807) is 25.4 Å². The molecule has 1 atom stereocenters. The second-order valence-electron chi connectivity index (χ2n) is 6.07. The number of rotatable bonds is 5. The number of amides is 1. The highest BCUT2D eigenvalue weighted by atomic mass is 16.5. The van der Waals surface area contributed by atoms with Crippen molar-refractivity contribution in [2.45, 2.75) is 19.4 Å². The molecular weight excluding hydrogens is 330 g/mol. The van der Waals surface area contributed by atoms with Gasteiger partial charge in [-0.3, -0.25) is 9.78 Å². The first-order valence-corrected chi connectivity index (χ1v) is 8.29. The summed E-state index contributed by atoms with van der Waals surface area (Å²) < 4.78 is 11.0. The van der Waals surface area contributed by atoms with Gasteiger partial charge in [-0.15, -0.1) is 0 Å². The van der Waals surface area contributed by atoms with E-state index in [0.717, 1.165) is 16.5 Å². The van der Waals surface area contributed by atoms with Crippen LogP contribution < -0.4 is 5.32 Å². The molecule has 1 N–H and O–H groups in total. The number of pyridine rings is 1. The Hall–Kier alpha value is -3.41. The van der Waals surface area contributed by atoms with Crippen molar-refractivity contribution in [2.24, 2.45) is 0 Å². The smallest absolute Gasteiger partial charge is 0.227 e. The molecule has 0 aliphatic heterocycles. The van der Waals surface area contributed by atoms with Crippen molar-refractivity contribution in [3.8, 4) is 0 Å². The Morgan fingerprint density at radius 2 is 1.96 bits per heavy atom. The van der Waals surface area contributed by atoms with Crippen LogP contribution in [0, 0.1) is 6.92 Å². The van der Waals surface area contributed by atoms with E-state index in [1.165, 1.54) is 0 Å². The van der Waals surface area contributed by atoms with E-state index in [-0.39, 0.29) is 12.3 Å². The SMILES string of the molecule is Cc1cc(CC(=O)N[C@H](c2ccncc2)c2cc3ccccc3o2)no1. The number of carbonyl (C=O) groups excluding carboxylic acids is 1. The van der Waals surface area contributed by atoms with Crippen molar-refractivity contribution >= 4 is 16.9 Å². The summed E-state index contributed by atoms with van der Waals surface area (Å²) >= 11 is 0. The number of nitrogens with zero attached hydrogens (tertiary/aromatic N) is 2. The molecule has 1 aromatic carbocycles. The Bertz CT molecular complexity index is 1000.